The van der Waals surface area contributed by atoms with Crippen LogP contribution in [0, 0.1) is 5.92 Å². The molecule has 1 N–H and O–H groups in total. The molecule has 0 saturated carbocycles. The summed E-state index contributed by atoms with van der Waals surface area (Å²) in [6.07, 6.45) is 1.70. The third kappa shape index (κ3) is 4.37. The smallest absolute Gasteiger partial charge is 0.226 e. The molecule has 0 aliphatic heterocycles. The van der Waals surface area contributed by atoms with E-state index in [1.807, 2.05) is 31.2 Å². The maximum absolute atomic E-state index is 8.96. The molecular weight excluding hydrogens is 326 g/mol. The van der Waals surface area contributed by atoms with Crippen molar-refractivity contribution in [2.75, 3.05) is 12.4 Å². The van der Waals surface area contributed by atoms with E-state index < -0.39 is 0 Å². The second-order valence-corrected chi connectivity index (χ2v) is 6.40. The zero-order valence-electron chi connectivity index (χ0n) is 10.7. The van der Waals surface area contributed by atoms with Gasteiger partial charge >= 0.3 is 0 Å². The van der Waals surface area contributed by atoms with Crippen LogP contribution in [0.2, 0.25) is 0 Å². The van der Waals surface area contributed by atoms with Gasteiger partial charge in [-0.2, -0.15) is 11.8 Å². The molecule has 3 nitrogen and oxygen atoms in total. The van der Waals surface area contributed by atoms with Crippen LogP contribution in [0.5, 0.6) is 0 Å². The molecule has 1 atom stereocenters. The molecule has 1 aromatic carbocycles. The fourth-order valence-electron chi connectivity index (χ4n) is 1.52. The Morgan fingerprint density at radius 1 is 1.37 bits per heavy atom. The van der Waals surface area contributed by atoms with E-state index in [1.54, 1.807) is 18.0 Å². The minimum atomic E-state index is 0.232. The summed E-state index contributed by atoms with van der Waals surface area (Å²) >= 11 is 5.16. The van der Waals surface area contributed by atoms with Gasteiger partial charge in [-0.1, -0.05) is 22.9 Å². The van der Waals surface area contributed by atoms with Crippen LogP contribution in [0.25, 0.3) is 11.5 Å². The Labute approximate surface area is 125 Å². The second kappa shape index (κ2) is 7.12. The molecule has 0 aliphatic carbocycles. The van der Waals surface area contributed by atoms with Gasteiger partial charge in [0.15, 0.2) is 0 Å². The molecule has 102 valence electrons. The molecule has 0 fully saturated rings. The van der Waals surface area contributed by atoms with Crippen molar-refractivity contribution in [1.29, 1.82) is 0 Å². The fourth-order valence-corrected chi connectivity index (χ4v) is 2.75. The van der Waals surface area contributed by atoms with Gasteiger partial charge in [0, 0.05) is 22.4 Å². The van der Waals surface area contributed by atoms with Gasteiger partial charge in [-0.15, -0.1) is 0 Å². The van der Waals surface area contributed by atoms with Crippen LogP contribution in [-0.4, -0.2) is 22.5 Å². The van der Waals surface area contributed by atoms with Gasteiger partial charge in [-0.3, -0.25) is 0 Å². The standard InChI is InChI=1S/C14H16BrNO2S/c1-10(6-17)8-19-9-13-7-18-14(16-13)11-2-4-12(15)5-3-11/h2-5,7,10,17H,6,8-9H2,1H3. The highest BCUT2D eigenvalue weighted by atomic mass is 79.9. The molecule has 2 aromatic rings. The largest absolute Gasteiger partial charge is 0.444 e. The first-order valence-electron chi connectivity index (χ1n) is 6.08. The Bertz CT molecular complexity index is 512. The summed E-state index contributed by atoms with van der Waals surface area (Å²) in [7, 11) is 0. The molecule has 0 bridgehead atoms. The van der Waals surface area contributed by atoms with E-state index in [1.165, 1.54) is 0 Å². The second-order valence-electron chi connectivity index (χ2n) is 4.45. The van der Waals surface area contributed by atoms with Crippen molar-refractivity contribution in [2.24, 2.45) is 5.92 Å². The third-order valence-corrected chi connectivity index (χ3v) is 4.44. The first-order chi connectivity index (χ1) is 9.19. The summed E-state index contributed by atoms with van der Waals surface area (Å²) < 4.78 is 6.52. The lowest BCUT2D eigenvalue weighted by atomic mass is 10.2. The SMILES string of the molecule is CC(CO)CSCc1coc(-c2ccc(Br)cc2)n1. The summed E-state index contributed by atoms with van der Waals surface area (Å²) in [4.78, 5) is 4.47. The van der Waals surface area contributed by atoms with Gasteiger partial charge in [0.2, 0.25) is 5.89 Å². The number of rotatable bonds is 6. The average molecular weight is 342 g/mol. The highest BCUT2D eigenvalue weighted by Crippen LogP contribution is 2.23. The minimum Gasteiger partial charge on any atom is -0.444 e. The van der Waals surface area contributed by atoms with E-state index in [-0.39, 0.29) is 6.61 Å². The van der Waals surface area contributed by atoms with Crippen molar-refractivity contribution in [2.45, 2.75) is 12.7 Å². The van der Waals surface area contributed by atoms with E-state index in [2.05, 4.69) is 20.9 Å². The number of benzene rings is 1. The monoisotopic (exact) mass is 341 g/mol. The van der Waals surface area contributed by atoms with Crippen molar-refractivity contribution in [1.82, 2.24) is 4.98 Å². The topological polar surface area (TPSA) is 46.3 Å². The molecule has 0 amide bonds. The predicted octanol–water partition coefficient (Wildman–Crippen LogP) is 3.97. The summed E-state index contributed by atoms with van der Waals surface area (Å²) in [6.45, 7) is 2.26. The van der Waals surface area contributed by atoms with E-state index in [9.17, 15) is 0 Å². The lowest BCUT2D eigenvalue weighted by molar-refractivity contribution is 0.250. The zero-order chi connectivity index (χ0) is 13.7. The number of nitrogens with zero attached hydrogens (tertiary/aromatic N) is 1. The minimum absolute atomic E-state index is 0.232. The van der Waals surface area contributed by atoms with Gasteiger partial charge in [0.05, 0.1) is 5.69 Å². The lowest BCUT2D eigenvalue weighted by Crippen LogP contribution is -2.03. The highest BCUT2D eigenvalue weighted by Gasteiger charge is 2.07. The molecule has 1 unspecified atom stereocenters. The number of hydrogen-bond donors (Lipinski definition) is 1. The maximum atomic E-state index is 8.96. The summed E-state index contributed by atoms with van der Waals surface area (Å²) in [5, 5.41) is 8.96. The van der Waals surface area contributed by atoms with Crippen LogP contribution in [0.3, 0.4) is 0 Å². The Kier molecular flexibility index (Phi) is 5.48. The quantitative estimate of drug-likeness (QED) is 0.863. The van der Waals surface area contributed by atoms with Crippen molar-refractivity contribution in [3.8, 4) is 11.5 Å². The van der Waals surface area contributed by atoms with Crippen molar-refractivity contribution in [3.63, 3.8) is 0 Å². The van der Waals surface area contributed by atoms with Gasteiger partial charge in [0.1, 0.15) is 6.26 Å². The molecule has 5 heteroatoms. The van der Waals surface area contributed by atoms with E-state index in [4.69, 9.17) is 9.52 Å². The first-order valence-corrected chi connectivity index (χ1v) is 8.02. The summed E-state index contributed by atoms with van der Waals surface area (Å²) in [6, 6.07) is 7.88. The Morgan fingerprint density at radius 3 is 2.79 bits per heavy atom. The van der Waals surface area contributed by atoms with Gasteiger partial charge < -0.3 is 9.52 Å². The van der Waals surface area contributed by atoms with Crippen LogP contribution >= 0.6 is 27.7 Å². The molecule has 0 spiro atoms. The van der Waals surface area contributed by atoms with Crippen molar-refractivity contribution >= 4 is 27.7 Å². The van der Waals surface area contributed by atoms with Crippen LogP contribution in [-0.2, 0) is 5.75 Å². The van der Waals surface area contributed by atoms with Gasteiger partial charge in [-0.25, -0.2) is 4.98 Å². The number of aromatic nitrogens is 1. The van der Waals surface area contributed by atoms with Gasteiger partial charge in [0.25, 0.3) is 0 Å². The van der Waals surface area contributed by atoms with E-state index in [0.29, 0.717) is 11.8 Å². The Balaban J connectivity index is 1.93. The molecule has 0 radical (unpaired) electrons. The zero-order valence-corrected chi connectivity index (χ0v) is 13.1. The number of hydrogen-bond acceptors (Lipinski definition) is 4. The molecule has 0 saturated heterocycles. The first kappa shape index (κ1) is 14.6. The molecule has 19 heavy (non-hydrogen) atoms. The molecule has 1 aromatic heterocycles. The number of oxazole rings is 1. The summed E-state index contributed by atoms with van der Waals surface area (Å²) in [5.41, 5.74) is 1.91. The highest BCUT2D eigenvalue weighted by molar-refractivity contribution is 9.10. The Hall–Kier alpha value is -0.780. The average Bonchev–Trinajstić information content (AvgIpc) is 2.88. The third-order valence-electron chi connectivity index (χ3n) is 2.61. The van der Waals surface area contributed by atoms with Crippen LogP contribution in [0.4, 0.5) is 0 Å². The van der Waals surface area contributed by atoms with Crippen LogP contribution in [0.1, 0.15) is 12.6 Å². The van der Waals surface area contributed by atoms with Crippen molar-refractivity contribution < 1.29 is 9.52 Å². The Morgan fingerprint density at radius 2 is 2.11 bits per heavy atom. The molecule has 0 aliphatic rings. The van der Waals surface area contributed by atoms with E-state index >= 15 is 0 Å². The molecular formula is C14H16BrNO2S. The van der Waals surface area contributed by atoms with E-state index in [0.717, 1.165) is 27.2 Å². The van der Waals surface area contributed by atoms with Gasteiger partial charge in [-0.05, 0) is 35.9 Å². The molecule has 1 heterocycles. The number of aliphatic hydroxyl groups is 1. The van der Waals surface area contributed by atoms with Crippen molar-refractivity contribution in [3.05, 3.63) is 40.7 Å². The summed E-state index contributed by atoms with van der Waals surface area (Å²) in [5.74, 6) is 2.71. The fraction of sp³-hybridized carbons (Fsp3) is 0.357. The normalized spacial score (nSPS) is 12.6. The van der Waals surface area contributed by atoms with Crippen LogP contribution in [0.15, 0.2) is 39.4 Å². The lowest BCUT2D eigenvalue weighted by Gasteiger charge is -2.04. The number of halogens is 1. The maximum Gasteiger partial charge on any atom is 0.226 e. The molecule has 2 rings (SSSR count). The number of thioether (sulfide) groups is 1. The van der Waals surface area contributed by atoms with Crippen LogP contribution < -0.4 is 0 Å². The number of aliphatic hydroxyl groups excluding tert-OH is 1. The predicted molar refractivity (Wildman–Crippen MR) is 82.1 cm³/mol.